The average Bonchev–Trinajstić information content (AvgIpc) is 3.95. The van der Waals surface area contributed by atoms with Crippen molar-refractivity contribution in [2.75, 3.05) is 0 Å². The van der Waals surface area contributed by atoms with Gasteiger partial charge in [0.1, 0.15) is 11.2 Å². The normalized spacial score (nSPS) is 11.9. The highest BCUT2D eigenvalue weighted by atomic mass is 16.3. The molecule has 0 saturated heterocycles. The van der Waals surface area contributed by atoms with E-state index in [4.69, 9.17) is 19.4 Å². The summed E-state index contributed by atoms with van der Waals surface area (Å²) in [7, 11) is 0. The van der Waals surface area contributed by atoms with Crippen LogP contribution < -0.4 is 0 Å². The van der Waals surface area contributed by atoms with E-state index in [2.05, 4.69) is 161 Å². The summed E-state index contributed by atoms with van der Waals surface area (Å²) in [5.74, 6) is 1.76. The molecular weight excluding hydrogens is 699 g/mol. The Morgan fingerprint density at radius 3 is 1.51 bits per heavy atom. The van der Waals surface area contributed by atoms with Crippen molar-refractivity contribution in [2.24, 2.45) is 0 Å². The number of furan rings is 1. The summed E-state index contributed by atoms with van der Waals surface area (Å²) in [5, 5.41) is 6.69. The minimum Gasteiger partial charge on any atom is -0.456 e. The average molecular weight is 730 g/mol. The molecule has 0 radical (unpaired) electrons. The van der Waals surface area contributed by atoms with Gasteiger partial charge in [-0.3, -0.25) is 4.57 Å². The maximum Gasteiger partial charge on any atom is 0.238 e. The van der Waals surface area contributed by atoms with Crippen LogP contribution in [0.3, 0.4) is 0 Å². The minimum absolute atomic E-state index is 0.550. The van der Waals surface area contributed by atoms with E-state index in [0.717, 1.165) is 93.5 Å². The molecule has 4 aromatic heterocycles. The Bertz CT molecular complexity index is 3510. The van der Waals surface area contributed by atoms with Crippen LogP contribution in [0.2, 0.25) is 0 Å². The Morgan fingerprint density at radius 2 is 0.825 bits per heavy atom. The lowest BCUT2D eigenvalue weighted by atomic mass is 10.0. The highest BCUT2D eigenvalue weighted by Gasteiger charge is 2.25. The SMILES string of the molecule is c1ccc(-c2ccc(-c3nc(-c4ccccc4)nc(-n4c5ccccc5c5ccc6c7ccccc7n(-c7cccc8oc9ccccc9c78)c6c54)n3)cc2)cc1. The van der Waals surface area contributed by atoms with Gasteiger partial charge in [0, 0.05) is 38.1 Å². The Balaban J connectivity index is 1.20. The Hall–Kier alpha value is -7.83. The third-order valence-corrected chi connectivity index (χ3v) is 11.2. The van der Waals surface area contributed by atoms with Gasteiger partial charge in [-0.1, -0.05) is 158 Å². The van der Waals surface area contributed by atoms with Crippen molar-refractivity contribution in [1.29, 1.82) is 0 Å². The van der Waals surface area contributed by atoms with Crippen molar-refractivity contribution < 1.29 is 4.42 Å². The molecule has 0 spiro atoms. The van der Waals surface area contributed by atoms with E-state index >= 15 is 0 Å². The van der Waals surface area contributed by atoms with Gasteiger partial charge in [0.2, 0.25) is 5.95 Å². The first kappa shape index (κ1) is 31.5. The maximum atomic E-state index is 6.44. The van der Waals surface area contributed by atoms with Crippen LogP contribution in [0.25, 0.3) is 111 Å². The number of fused-ring (bicyclic) bond motifs is 10. The first-order valence-corrected chi connectivity index (χ1v) is 19.1. The molecule has 0 aliphatic rings. The van der Waals surface area contributed by atoms with Gasteiger partial charge in [0.25, 0.3) is 0 Å². The van der Waals surface area contributed by atoms with Crippen LogP contribution in [0.5, 0.6) is 0 Å². The molecule has 0 saturated carbocycles. The number of para-hydroxylation sites is 3. The first-order chi connectivity index (χ1) is 28.3. The number of benzene rings is 8. The molecule has 0 aliphatic heterocycles. The quantitative estimate of drug-likeness (QED) is 0.177. The zero-order chi connectivity index (χ0) is 37.5. The van der Waals surface area contributed by atoms with Crippen molar-refractivity contribution >= 4 is 65.6 Å². The Labute approximate surface area is 326 Å². The highest BCUT2D eigenvalue weighted by Crippen LogP contribution is 2.44. The van der Waals surface area contributed by atoms with Crippen molar-refractivity contribution in [3.05, 3.63) is 188 Å². The molecule has 6 nitrogen and oxygen atoms in total. The molecule has 266 valence electrons. The van der Waals surface area contributed by atoms with E-state index in [1.807, 2.05) is 36.4 Å². The summed E-state index contributed by atoms with van der Waals surface area (Å²) >= 11 is 0. The second-order valence-electron chi connectivity index (χ2n) is 14.4. The smallest absolute Gasteiger partial charge is 0.238 e. The van der Waals surface area contributed by atoms with Gasteiger partial charge in [-0.05, 0) is 41.5 Å². The first-order valence-electron chi connectivity index (χ1n) is 19.1. The van der Waals surface area contributed by atoms with E-state index in [-0.39, 0.29) is 0 Å². The Kier molecular flexibility index (Phi) is 6.83. The summed E-state index contributed by atoms with van der Waals surface area (Å²) in [6.45, 7) is 0. The number of nitrogens with zero attached hydrogens (tertiary/aromatic N) is 5. The molecule has 8 aromatic carbocycles. The molecular formula is C51H31N5O. The largest absolute Gasteiger partial charge is 0.456 e. The molecule has 6 heteroatoms. The molecule has 57 heavy (non-hydrogen) atoms. The monoisotopic (exact) mass is 729 g/mol. The minimum atomic E-state index is 0.550. The molecule has 0 N–H and O–H groups in total. The predicted octanol–water partition coefficient (Wildman–Crippen LogP) is 13.0. The van der Waals surface area contributed by atoms with Crippen molar-refractivity contribution in [3.8, 4) is 45.5 Å². The van der Waals surface area contributed by atoms with Crippen molar-refractivity contribution in [3.63, 3.8) is 0 Å². The van der Waals surface area contributed by atoms with E-state index in [1.165, 1.54) is 0 Å². The fraction of sp³-hybridized carbons (Fsp3) is 0. The zero-order valence-electron chi connectivity index (χ0n) is 30.5. The number of hydrogen-bond acceptors (Lipinski definition) is 4. The molecule has 4 heterocycles. The summed E-state index contributed by atoms with van der Waals surface area (Å²) < 4.78 is 11.1. The van der Waals surface area contributed by atoms with Gasteiger partial charge in [-0.2, -0.15) is 9.97 Å². The second kappa shape index (κ2) is 12.3. The molecule has 12 rings (SSSR count). The molecule has 0 atom stereocenters. The van der Waals surface area contributed by atoms with E-state index in [1.54, 1.807) is 0 Å². The second-order valence-corrected chi connectivity index (χ2v) is 14.4. The van der Waals surface area contributed by atoms with E-state index < -0.39 is 0 Å². The van der Waals surface area contributed by atoms with Crippen LogP contribution in [0.15, 0.2) is 192 Å². The summed E-state index contributed by atoms with van der Waals surface area (Å²) in [6.07, 6.45) is 0. The third-order valence-electron chi connectivity index (χ3n) is 11.2. The fourth-order valence-corrected chi connectivity index (χ4v) is 8.65. The summed E-state index contributed by atoms with van der Waals surface area (Å²) in [4.78, 5) is 15.8. The van der Waals surface area contributed by atoms with Gasteiger partial charge >= 0.3 is 0 Å². The Morgan fingerprint density at radius 1 is 0.333 bits per heavy atom. The lowest BCUT2D eigenvalue weighted by molar-refractivity contribution is 0.669. The number of rotatable bonds is 5. The van der Waals surface area contributed by atoms with Gasteiger partial charge in [-0.25, -0.2) is 4.98 Å². The van der Waals surface area contributed by atoms with Crippen molar-refractivity contribution in [2.45, 2.75) is 0 Å². The predicted molar refractivity (Wildman–Crippen MR) is 232 cm³/mol. The molecule has 0 amide bonds. The van der Waals surface area contributed by atoms with Crippen LogP contribution in [0.4, 0.5) is 0 Å². The molecule has 0 bridgehead atoms. The highest BCUT2D eigenvalue weighted by molar-refractivity contribution is 6.24. The molecule has 0 fully saturated rings. The van der Waals surface area contributed by atoms with Crippen LogP contribution in [-0.4, -0.2) is 24.1 Å². The standard InChI is InChI=1S/C51H31N5O/c1-3-14-32(15-4-1)33-26-28-35(29-27-33)50-52-49(34-16-5-2-6-17-34)53-51(54-50)56-42-22-11-8-19-37(42)39-31-30-38-36-18-7-10-21-41(36)55(47(38)48(39)56)43-23-13-25-45-46(43)40-20-9-12-24-44(40)57-45/h1-31H. The summed E-state index contributed by atoms with van der Waals surface area (Å²) in [5.41, 5.74) is 11.1. The zero-order valence-corrected chi connectivity index (χ0v) is 30.5. The lowest BCUT2D eigenvalue weighted by Crippen LogP contribution is -2.07. The lowest BCUT2D eigenvalue weighted by Gasteiger charge is -2.14. The van der Waals surface area contributed by atoms with Gasteiger partial charge in [0.15, 0.2) is 11.6 Å². The number of aromatic nitrogens is 5. The van der Waals surface area contributed by atoms with Crippen molar-refractivity contribution in [1.82, 2.24) is 24.1 Å². The van der Waals surface area contributed by atoms with Crippen LogP contribution in [0.1, 0.15) is 0 Å². The molecule has 0 unspecified atom stereocenters. The maximum absolute atomic E-state index is 6.44. The van der Waals surface area contributed by atoms with Crippen LogP contribution in [0, 0.1) is 0 Å². The van der Waals surface area contributed by atoms with Gasteiger partial charge < -0.3 is 8.98 Å². The van der Waals surface area contributed by atoms with E-state index in [0.29, 0.717) is 17.6 Å². The summed E-state index contributed by atoms with van der Waals surface area (Å²) in [6, 6.07) is 65.5. The van der Waals surface area contributed by atoms with E-state index in [9.17, 15) is 0 Å². The van der Waals surface area contributed by atoms with Crippen LogP contribution in [-0.2, 0) is 0 Å². The number of hydrogen-bond donors (Lipinski definition) is 0. The van der Waals surface area contributed by atoms with Crippen LogP contribution >= 0.6 is 0 Å². The molecule has 0 aliphatic carbocycles. The molecule has 12 aromatic rings. The van der Waals surface area contributed by atoms with Gasteiger partial charge in [0.05, 0.1) is 33.1 Å². The third kappa shape index (κ3) is 4.81. The topological polar surface area (TPSA) is 61.7 Å². The fourth-order valence-electron chi connectivity index (χ4n) is 8.65. The van der Waals surface area contributed by atoms with Gasteiger partial charge in [-0.15, -0.1) is 0 Å².